The smallest absolute Gasteiger partial charge is 0.258 e. The predicted molar refractivity (Wildman–Crippen MR) is 85.1 cm³/mol. The van der Waals surface area contributed by atoms with Gasteiger partial charge in [-0.15, -0.1) is 11.6 Å². The average Bonchev–Trinajstić information content (AvgIpc) is 2.92. The van der Waals surface area contributed by atoms with Crippen LogP contribution in [0.1, 0.15) is 5.56 Å². The summed E-state index contributed by atoms with van der Waals surface area (Å²) in [5.74, 6) is -0.193. The lowest BCUT2D eigenvalue weighted by atomic mass is 9.97. The van der Waals surface area contributed by atoms with Crippen molar-refractivity contribution in [3.05, 3.63) is 29.8 Å². The van der Waals surface area contributed by atoms with Gasteiger partial charge in [0.15, 0.2) is 5.17 Å². The van der Waals surface area contributed by atoms with Gasteiger partial charge >= 0.3 is 0 Å². The highest BCUT2D eigenvalue weighted by atomic mass is 35.5. The molecule has 4 nitrogen and oxygen atoms in total. The number of carbonyl (C=O) groups excluding carboxylic acids is 1. The topological polar surface area (TPSA) is 52.9 Å². The summed E-state index contributed by atoms with van der Waals surface area (Å²) in [5, 5.41) is 10.7. The molecule has 2 rings (SSSR count). The highest BCUT2D eigenvalue weighted by Crippen LogP contribution is 2.32. The van der Waals surface area contributed by atoms with Gasteiger partial charge < -0.3 is 10.0 Å². The molecule has 0 bridgehead atoms. The fraction of sp³-hybridized carbons (Fsp3) is 0.385. The van der Waals surface area contributed by atoms with Crippen molar-refractivity contribution in [2.24, 2.45) is 4.99 Å². The third-order valence-corrected chi connectivity index (χ3v) is 4.93. The third kappa shape index (κ3) is 3.34. The lowest BCUT2D eigenvalue weighted by molar-refractivity contribution is -0.115. The number of hydrogen-bond donors (Lipinski definition) is 1. The molecule has 8 heteroatoms. The molecule has 1 aromatic carbocycles. The summed E-state index contributed by atoms with van der Waals surface area (Å²) in [6, 6.07) is 6.45. The van der Waals surface area contributed by atoms with E-state index in [-0.39, 0.29) is 17.4 Å². The average molecular weight is 351 g/mol. The van der Waals surface area contributed by atoms with Gasteiger partial charge in [-0.05, 0) is 17.7 Å². The molecule has 1 heterocycles. The molecule has 0 fully saturated rings. The summed E-state index contributed by atoms with van der Waals surface area (Å²) in [6.07, 6.45) is 0. The van der Waals surface area contributed by atoms with E-state index >= 15 is 0 Å². The molecule has 2 unspecified atom stereocenters. The van der Waals surface area contributed by atoms with E-state index in [0.717, 1.165) is 5.69 Å². The van der Waals surface area contributed by atoms with Gasteiger partial charge in [0.2, 0.25) is 5.63 Å². The van der Waals surface area contributed by atoms with Gasteiger partial charge in [-0.1, -0.05) is 35.5 Å². The van der Waals surface area contributed by atoms with E-state index in [1.807, 2.05) is 0 Å². The lowest BCUT2D eigenvalue weighted by Gasteiger charge is -2.27. The molecule has 1 aromatic rings. The van der Waals surface area contributed by atoms with Crippen LogP contribution >= 0.6 is 35.0 Å². The number of aliphatic imine (C=N–C) groups is 1. The number of benzene rings is 1. The third-order valence-electron chi connectivity index (χ3n) is 3.15. The number of halogens is 3. The van der Waals surface area contributed by atoms with Crippen molar-refractivity contribution in [2.45, 2.75) is 11.2 Å². The Kier molecular flexibility index (Phi) is 5.14. The molecule has 2 atom stereocenters. The zero-order chi connectivity index (χ0) is 15.6. The van der Waals surface area contributed by atoms with Gasteiger partial charge in [0.05, 0.1) is 11.6 Å². The van der Waals surface area contributed by atoms with Crippen molar-refractivity contribution < 1.29 is 14.3 Å². The Morgan fingerprint density at radius 2 is 2.14 bits per heavy atom. The molecule has 21 heavy (non-hydrogen) atoms. The number of hydrogen-bond acceptors (Lipinski definition) is 4. The van der Waals surface area contributed by atoms with E-state index in [1.165, 1.54) is 11.8 Å². The number of nitrogens with zero attached hydrogens (tertiary/aromatic N) is 2. The van der Waals surface area contributed by atoms with Crippen molar-refractivity contribution in [3.8, 4) is 0 Å². The summed E-state index contributed by atoms with van der Waals surface area (Å²) in [4.78, 5) is 16.8. The first kappa shape index (κ1) is 16.5. The van der Waals surface area contributed by atoms with Crippen molar-refractivity contribution >= 4 is 51.7 Å². The summed E-state index contributed by atoms with van der Waals surface area (Å²) >= 11 is 12.3. The number of amides is 1. The molecule has 114 valence electrons. The maximum absolute atomic E-state index is 13.3. The maximum Gasteiger partial charge on any atom is 0.258 e. The van der Waals surface area contributed by atoms with Crippen LogP contribution in [0.4, 0.5) is 10.1 Å². The minimum absolute atomic E-state index is 0.169. The first-order valence-corrected chi connectivity index (χ1v) is 7.99. The van der Waals surface area contributed by atoms with Gasteiger partial charge in [-0.3, -0.25) is 4.79 Å². The van der Waals surface area contributed by atoms with E-state index in [2.05, 4.69) is 4.99 Å². The molecule has 0 saturated heterocycles. The van der Waals surface area contributed by atoms with Crippen LogP contribution in [-0.2, 0) is 10.4 Å². The second-order valence-electron chi connectivity index (χ2n) is 4.54. The van der Waals surface area contributed by atoms with Crippen LogP contribution in [0.5, 0.6) is 0 Å². The Hall–Kier alpha value is -0.820. The minimum Gasteiger partial charge on any atom is -0.379 e. The van der Waals surface area contributed by atoms with Crippen molar-refractivity contribution in [1.29, 1.82) is 0 Å². The Balaban J connectivity index is 2.23. The van der Waals surface area contributed by atoms with Crippen LogP contribution in [0.2, 0.25) is 0 Å². The monoisotopic (exact) mass is 350 g/mol. The van der Waals surface area contributed by atoms with Gasteiger partial charge in [0.1, 0.15) is 5.60 Å². The molecule has 0 aromatic heterocycles. The second kappa shape index (κ2) is 6.52. The number of carbonyl (C=O) groups is 1. The van der Waals surface area contributed by atoms with Crippen molar-refractivity contribution in [3.63, 3.8) is 0 Å². The van der Waals surface area contributed by atoms with E-state index in [4.69, 9.17) is 23.2 Å². The zero-order valence-corrected chi connectivity index (χ0v) is 13.4. The first-order chi connectivity index (χ1) is 9.88. The Morgan fingerprint density at radius 3 is 2.57 bits per heavy atom. The molecular formula is C13H13Cl2FN2O2S. The van der Waals surface area contributed by atoms with E-state index in [0.29, 0.717) is 10.9 Å². The fourth-order valence-electron chi connectivity index (χ4n) is 1.81. The fourth-order valence-corrected chi connectivity index (χ4v) is 3.17. The number of aliphatic hydroxyl groups is 1. The van der Waals surface area contributed by atoms with Crippen LogP contribution in [0.3, 0.4) is 0 Å². The Morgan fingerprint density at radius 1 is 1.52 bits per heavy atom. The normalized spacial score (nSPS) is 19.1. The van der Waals surface area contributed by atoms with Gasteiger partial charge in [0.25, 0.3) is 5.91 Å². The van der Waals surface area contributed by atoms with Gasteiger partial charge in [-0.25, -0.2) is 4.39 Å². The molecule has 1 aliphatic heterocycles. The molecular weight excluding hydrogens is 338 g/mol. The molecule has 1 N–H and O–H groups in total. The number of rotatable bonds is 4. The SMILES string of the molecule is CN(C1=NC(=O)CS1)c1ccc(C(O)(CCl)C(F)Cl)cc1. The van der Waals surface area contributed by atoms with Crippen molar-refractivity contribution in [2.75, 3.05) is 23.6 Å². The lowest BCUT2D eigenvalue weighted by Crippen LogP contribution is -2.35. The largest absolute Gasteiger partial charge is 0.379 e. The quantitative estimate of drug-likeness (QED) is 0.848. The Labute approximate surface area is 135 Å². The highest BCUT2D eigenvalue weighted by molar-refractivity contribution is 8.15. The molecule has 0 saturated carbocycles. The number of alkyl halides is 3. The van der Waals surface area contributed by atoms with Gasteiger partial charge in [-0.2, -0.15) is 4.99 Å². The molecule has 0 spiro atoms. The Bertz CT molecular complexity index is 568. The van der Waals surface area contributed by atoms with E-state index in [9.17, 15) is 14.3 Å². The highest BCUT2D eigenvalue weighted by Gasteiger charge is 2.37. The van der Waals surface area contributed by atoms with Crippen LogP contribution in [0, 0.1) is 0 Å². The van der Waals surface area contributed by atoms with Crippen LogP contribution in [0.25, 0.3) is 0 Å². The minimum atomic E-state index is -2.01. The number of amidine groups is 1. The summed E-state index contributed by atoms with van der Waals surface area (Å²) in [5.41, 5.74) is -2.91. The van der Waals surface area contributed by atoms with Gasteiger partial charge in [0, 0.05) is 12.7 Å². The van der Waals surface area contributed by atoms with E-state index in [1.54, 1.807) is 36.2 Å². The summed E-state index contributed by atoms with van der Waals surface area (Å²) in [7, 11) is 1.77. The predicted octanol–water partition coefficient (Wildman–Crippen LogP) is 2.71. The van der Waals surface area contributed by atoms with E-state index < -0.39 is 11.2 Å². The second-order valence-corrected chi connectivity index (χ2v) is 6.13. The molecule has 0 aliphatic carbocycles. The number of thioether (sulfide) groups is 1. The standard InChI is InChI=1S/C13H13Cl2FN2O2S/c1-18(12-17-10(19)6-21-12)9-4-2-8(3-5-9)13(20,7-14)11(15)16/h2-5,11,20H,6-7H2,1H3. The van der Waals surface area contributed by atoms with Crippen molar-refractivity contribution in [1.82, 2.24) is 0 Å². The molecule has 0 radical (unpaired) electrons. The van der Waals surface area contributed by atoms with Crippen LogP contribution in [0.15, 0.2) is 29.3 Å². The zero-order valence-electron chi connectivity index (χ0n) is 11.1. The molecule has 1 aliphatic rings. The maximum atomic E-state index is 13.3. The van der Waals surface area contributed by atoms with Crippen LogP contribution in [-0.4, -0.2) is 40.5 Å². The summed E-state index contributed by atoms with van der Waals surface area (Å²) in [6.45, 7) is 0. The number of anilines is 1. The first-order valence-electron chi connectivity index (χ1n) is 6.03. The summed E-state index contributed by atoms with van der Waals surface area (Å²) < 4.78 is 13.3. The van der Waals surface area contributed by atoms with Crippen LogP contribution < -0.4 is 4.90 Å². The molecule has 1 amide bonds.